The van der Waals surface area contributed by atoms with E-state index in [-0.39, 0.29) is 18.5 Å². The van der Waals surface area contributed by atoms with Gasteiger partial charge in [0.15, 0.2) is 11.5 Å². The summed E-state index contributed by atoms with van der Waals surface area (Å²) in [5.41, 5.74) is 2.11. The highest BCUT2D eigenvalue weighted by molar-refractivity contribution is 6.08. The normalized spacial score (nSPS) is 16.4. The first kappa shape index (κ1) is 19.4. The van der Waals surface area contributed by atoms with Crippen molar-refractivity contribution in [2.75, 3.05) is 25.2 Å². The Labute approximate surface area is 182 Å². The summed E-state index contributed by atoms with van der Waals surface area (Å²) in [5, 5.41) is 11.9. The molecule has 3 heterocycles. The number of rotatable bonds is 4. The molecule has 0 fully saturated rings. The van der Waals surface area contributed by atoms with Crippen LogP contribution in [0.4, 0.5) is 10.5 Å². The summed E-state index contributed by atoms with van der Waals surface area (Å²) in [6.07, 6.45) is 1.28. The zero-order valence-corrected chi connectivity index (χ0v) is 16.8. The number of nitrogens with zero attached hydrogens (tertiary/aromatic N) is 4. The van der Waals surface area contributed by atoms with Gasteiger partial charge in [-0.3, -0.25) is 9.69 Å². The molecule has 0 saturated carbocycles. The first-order valence-corrected chi connectivity index (χ1v) is 9.83. The second-order valence-corrected chi connectivity index (χ2v) is 7.21. The van der Waals surface area contributed by atoms with E-state index in [4.69, 9.17) is 19.5 Å². The fourth-order valence-corrected chi connectivity index (χ4v) is 3.56. The Balaban J connectivity index is 1.27. The number of benzene rings is 2. The van der Waals surface area contributed by atoms with Gasteiger partial charge in [0.05, 0.1) is 11.6 Å². The van der Waals surface area contributed by atoms with E-state index in [9.17, 15) is 9.59 Å². The molecule has 2 aromatic carbocycles. The van der Waals surface area contributed by atoms with Gasteiger partial charge in [-0.05, 0) is 29.8 Å². The first-order chi connectivity index (χ1) is 15.6. The van der Waals surface area contributed by atoms with Gasteiger partial charge in [0.1, 0.15) is 12.0 Å². The SMILES string of the molecule is N#Cc1cccc(CN2CCN3C(C(=O)Nc4ccc5c(c4)OCO5)=COC3=NC2=O)c1. The van der Waals surface area contributed by atoms with Crippen LogP contribution in [0.15, 0.2) is 59.4 Å². The smallest absolute Gasteiger partial charge is 0.348 e. The molecule has 0 spiro atoms. The molecule has 0 aromatic heterocycles. The van der Waals surface area contributed by atoms with Crippen LogP contribution in [-0.2, 0) is 16.1 Å². The van der Waals surface area contributed by atoms with Crippen LogP contribution in [0.2, 0.25) is 0 Å². The summed E-state index contributed by atoms with van der Waals surface area (Å²) in [5.74, 6) is 0.766. The zero-order chi connectivity index (χ0) is 22.1. The predicted octanol–water partition coefficient (Wildman–Crippen LogP) is 2.39. The Morgan fingerprint density at radius 2 is 2.03 bits per heavy atom. The molecule has 0 radical (unpaired) electrons. The molecule has 3 aliphatic rings. The average Bonchev–Trinajstić information content (AvgIpc) is 3.39. The van der Waals surface area contributed by atoms with E-state index >= 15 is 0 Å². The molecule has 10 heteroatoms. The Kier molecular flexibility index (Phi) is 4.84. The molecule has 0 bridgehead atoms. The number of urea groups is 1. The summed E-state index contributed by atoms with van der Waals surface area (Å²) in [4.78, 5) is 32.6. The summed E-state index contributed by atoms with van der Waals surface area (Å²) in [6, 6.07) is 13.8. The van der Waals surface area contributed by atoms with Crippen molar-refractivity contribution >= 4 is 23.6 Å². The number of carbonyl (C=O) groups is 2. The summed E-state index contributed by atoms with van der Waals surface area (Å²) in [7, 11) is 0. The minimum absolute atomic E-state index is 0.0547. The molecule has 3 aliphatic heterocycles. The third kappa shape index (κ3) is 3.67. The van der Waals surface area contributed by atoms with Crippen LogP contribution >= 0.6 is 0 Å². The van der Waals surface area contributed by atoms with Gasteiger partial charge in [-0.2, -0.15) is 5.26 Å². The first-order valence-electron chi connectivity index (χ1n) is 9.83. The number of aliphatic imine (C=N–C) groups is 1. The number of ether oxygens (including phenoxy) is 3. The van der Waals surface area contributed by atoms with Gasteiger partial charge >= 0.3 is 12.1 Å². The second-order valence-electron chi connectivity index (χ2n) is 7.21. The van der Waals surface area contributed by atoms with Crippen molar-refractivity contribution in [1.82, 2.24) is 9.80 Å². The molecule has 10 nitrogen and oxygen atoms in total. The van der Waals surface area contributed by atoms with Crippen LogP contribution in [0, 0.1) is 11.3 Å². The molecule has 3 amide bonds. The number of hydrogen-bond acceptors (Lipinski definition) is 7. The highest BCUT2D eigenvalue weighted by Gasteiger charge is 2.34. The van der Waals surface area contributed by atoms with E-state index in [2.05, 4.69) is 16.4 Å². The van der Waals surface area contributed by atoms with Gasteiger partial charge in [-0.15, -0.1) is 4.99 Å². The molecule has 160 valence electrons. The number of anilines is 1. The monoisotopic (exact) mass is 431 g/mol. The summed E-state index contributed by atoms with van der Waals surface area (Å²) >= 11 is 0. The number of amides is 3. The highest BCUT2D eigenvalue weighted by atomic mass is 16.7. The second kappa shape index (κ2) is 7.96. The van der Waals surface area contributed by atoms with Crippen LogP contribution < -0.4 is 14.8 Å². The fraction of sp³-hybridized carbons (Fsp3) is 0.182. The number of hydrogen-bond donors (Lipinski definition) is 1. The Morgan fingerprint density at radius 3 is 2.91 bits per heavy atom. The number of fused-ring (bicyclic) bond motifs is 2. The Hall–Kier alpha value is -4.52. The van der Waals surface area contributed by atoms with E-state index in [0.717, 1.165) is 5.56 Å². The standard InChI is InChI=1S/C22H17N5O5/c23-10-14-2-1-3-15(8-14)11-26-6-7-27-17(12-30-22(27)25-21(26)29)20(28)24-16-4-5-18-19(9-16)32-13-31-18/h1-5,8-9,12H,6-7,11,13H2,(H,24,28). The lowest BCUT2D eigenvalue weighted by Gasteiger charge is -2.21. The van der Waals surface area contributed by atoms with Gasteiger partial charge in [-0.1, -0.05) is 12.1 Å². The summed E-state index contributed by atoms with van der Waals surface area (Å²) < 4.78 is 16.0. The minimum atomic E-state index is -0.476. The van der Waals surface area contributed by atoms with E-state index in [1.807, 2.05) is 6.07 Å². The number of nitrogens with one attached hydrogen (secondary N) is 1. The molecule has 1 N–H and O–H groups in total. The maximum atomic E-state index is 12.8. The van der Waals surface area contributed by atoms with Crippen molar-refractivity contribution < 1.29 is 23.8 Å². The van der Waals surface area contributed by atoms with Gasteiger partial charge < -0.3 is 24.4 Å². The van der Waals surface area contributed by atoms with Gasteiger partial charge in [-0.25, -0.2) is 4.79 Å². The minimum Gasteiger partial charge on any atom is -0.454 e. The Bertz CT molecular complexity index is 1220. The van der Waals surface area contributed by atoms with Crippen molar-refractivity contribution in [3.63, 3.8) is 0 Å². The maximum absolute atomic E-state index is 12.8. The molecule has 0 saturated heterocycles. The number of carbonyl (C=O) groups excluding carboxylic acids is 2. The molecule has 0 unspecified atom stereocenters. The predicted molar refractivity (Wildman–Crippen MR) is 111 cm³/mol. The molecular weight excluding hydrogens is 414 g/mol. The van der Waals surface area contributed by atoms with Gasteiger partial charge in [0, 0.05) is 31.4 Å². The van der Waals surface area contributed by atoms with Crippen molar-refractivity contribution in [3.05, 3.63) is 65.6 Å². The average molecular weight is 431 g/mol. The third-order valence-electron chi connectivity index (χ3n) is 5.15. The maximum Gasteiger partial charge on any atom is 0.348 e. The highest BCUT2D eigenvalue weighted by Crippen LogP contribution is 2.34. The van der Waals surface area contributed by atoms with Crippen molar-refractivity contribution in [2.24, 2.45) is 4.99 Å². The molecule has 0 atom stereocenters. The van der Waals surface area contributed by atoms with Crippen molar-refractivity contribution in [1.29, 1.82) is 5.26 Å². The van der Waals surface area contributed by atoms with E-state index in [0.29, 0.717) is 42.4 Å². The lowest BCUT2D eigenvalue weighted by atomic mass is 10.1. The summed E-state index contributed by atoms with van der Waals surface area (Å²) in [6.45, 7) is 1.08. The largest absolute Gasteiger partial charge is 0.454 e. The van der Waals surface area contributed by atoms with E-state index in [1.165, 1.54) is 6.26 Å². The van der Waals surface area contributed by atoms with Crippen LogP contribution in [0.25, 0.3) is 0 Å². The number of nitriles is 1. The van der Waals surface area contributed by atoms with Crippen LogP contribution in [-0.4, -0.2) is 47.6 Å². The molecule has 32 heavy (non-hydrogen) atoms. The van der Waals surface area contributed by atoms with Crippen LogP contribution in [0.1, 0.15) is 11.1 Å². The van der Waals surface area contributed by atoms with Crippen molar-refractivity contribution in [3.8, 4) is 17.6 Å². The number of amidine groups is 1. The molecule has 5 rings (SSSR count). The van der Waals surface area contributed by atoms with Gasteiger partial charge in [0.25, 0.3) is 5.91 Å². The third-order valence-corrected chi connectivity index (χ3v) is 5.15. The lowest BCUT2D eigenvalue weighted by Crippen LogP contribution is -2.36. The zero-order valence-electron chi connectivity index (χ0n) is 16.8. The van der Waals surface area contributed by atoms with E-state index in [1.54, 1.807) is 46.2 Å². The van der Waals surface area contributed by atoms with Crippen LogP contribution in [0.5, 0.6) is 11.5 Å². The quantitative estimate of drug-likeness (QED) is 0.790. The Morgan fingerprint density at radius 1 is 1.16 bits per heavy atom. The van der Waals surface area contributed by atoms with Crippen LogP contribution in [0.3, 0.4) is 0 Å². The molecule has 2 aromatic rings. The molecular formula is C22H17N5O5. The lowest BCUT2D eigenvalue weighted by molar-refractivity contribution is -0.113. The van der Waals surface area contributed by atoms with Crippen molar-refractivity contribution in [2.45, 2.75) is 6.54 Å². The van der Waals surface area contributed by atoms with Gasteiger partial charge in [0.2, 0.25) is 6.79 Å². The van der Waals surface area contributed by atoms with E-state index < -0.39 is 11.9 Å². The molecule has 0 aliphatic carbocycles. The topological polar surface area (TPSA) is 116 Å². The fourth-order valence-electron chi connectivity index (χ4n) is 3.56.